The molecule has 166 valence electrons. The quantitative estimate of drug-likeness (QED) is 0.428. The molecule has 0 aromatic carbocycles. The van der Waals surface area contributed by atoms with Gasteiger partial charge in [0, 0.05) is 17.9 Å². The summed E-state index contributed by atoms with van der Waals surface area (Å²) < 4.78 is 0. The molecule has 5 aliphatic carbocycles. The van der Waals surface area contributed by atoms with Crippen molar-refractivity contribution >= 4 is 43.9 Å². The summed E-state index contributed by atoms with van der Waals surface area (Å²) in [5.74, 6) is -0.942. The van der Waals surface area contributed by atoms with Gasteiger partial charge in [0.1, 0.15) is 13.5 Å². The molecule has 0 radical (unpaired) electrons. The first kappa shape index (κ1) is 19.5. The van der Waals surface area contributed by atoms with E-state index in [0.29, 0.717) is 0 Å². The number of carbonyl (C=O) groups excluding carboxylic acids is 5. The van der Waals surface area contributed by atoms with Crippen LogP contribution in [0.15, 0.2) is 0 Å². The molecule has 0 N–H and O–H groups in total. The van der Waals surface area contributed by atoms with Gasteiger partial charge in [-0.3, -0.25) is 28.9 Å². The highest BCUT2D eigenvalue weighted by Gasteiger charge is 2.78. The normalized spacial score (nSPS) is 52.5. The van der Waals surface area contributed by atoms with Crippen LogP contribution in [0.5, 0.6) is 0 Å². The Kier molecular flexibility index (Phi) is 3.41. The third-order valence-corrected chi connectivity index (χ3v) is 11.2. The van der Waals surface area contributed by atoms with Crippen LogP contribution in [0.4, 0.5) is 0 Å². The number of Topliss-reactive ketones (excluding diaryl/α,β-unsaturated/α-hetero) is 1. The Bertz CT molecular complexity index is 1050. The molecule has 4 bridgehead atoms. The summed E-state index contributed by atoms with van der Waals surface area (Å²) >= 11 is 0. The van der Waals surface area contributed by atoms with Crippen molar-refractivity contribution in [1.29, 1.82) is 0 Å². The number of rotatable bonds is 1. The van der Waals surface area contributed by atoms with Crippen molar-refractivity contribution in [3.05, 3.63) is 0 Å². The number of fused-ring (bicyclic) bond motifs is 12. The molecule has 7 nitrogen and oxygen atoms in total. The lowest BCUT2D eigenvalue weighted by atomic mass is 9.43. The summed E-state index contributed by atoms with van der Waals surface area (Å²) in [6.07, 6.45) is 4.61. The highest BCUT2D eigenvalue weighted by Crippen LogP contribution is 2.75. The lowest BCUT2D eigenvalue weighted by Gasteiger charge is -2.42. The minimum Gasteiger partial charge on any atom is -0.337 e. The Labute approximate surface area is 188 Å². The van der Waals surface area contributed by atoms with E-state index in [2.05, 4.69) is 0 Å². The van der Waals surface area contributed by atoms with Crippen LogP contribution < -0.4 is 0 Å². The lowest BCUT2D eigenvalue weighted by molar-refractivity contribution is -0.145. The molecule has 7 rings (SSSR count). The van der Waals surface area contributed by atoms with Gasteiger partial charge < -0.3 is 4.81 Å². The van der Waals surface area contributed by atoms with Gasteiger partial charge in [0.05, 0.1) is 23.7 Å². The molecule has 2 spiro atoms. The van der Waals surface area contributed by atoms with E-state index in [-0.39, 0.29) is 83.5 Å². The summed E-state index contributed by atoms with van der Waals surface area (Å²) in [6.45, 7) is 1.74. The van der Waals surface area contributed by atoms with E-state index in [1.165, 1.54) is 9.71 Å². The Balaban J connectivity index is 1.24. The Hall–Kier alpha value is -1.92. The van der Waals surface area contributed by atoms with Gasteiger partial charge in [-0.25, -0.2) is 0 Å². The number of carbonyl (C=O) groups is 5. The van der Waals surface area contributed by atoms with E-state index in [1.54, 1.807) is 7.05 Å². The number of amides is 4. The smallest absolute Gasteiger partial charge is 0.233 e. The first-order chi connectivity index (χ1) is 15.1. The van der Waals surface area contributed by atoms with Crippen molar-refractivity contribution in [2.24, 2.45) is 58.2 Å². The number of nitrogens with zero attached hydrogens (tertiary/aromatic N) is 2. The molecule has 5 saturated carbocycles. The summed E-state index contributed by atoms with van der Waals surface area (Å²) in [7, 11) is 3.46. The maximum absolute atomic E-state index is 14.4. The zero-order chi connectivity index (χ0) is 22.5. The van der Waals surface area contributed by atoms with Crippen molar-refractivity contribution in [3.63, 3.8) is 0 Å². The van der Waals surface area contributed by atoms with Gasteiger partial charge in [-0.2, -0.15) is 0 Å². The maximum Gasteiger partial charge on any atom is 0.233 e. The number of hydrogen-bond donors (Lipinski definition) is 0. The Morgan fingerprint density at radius 2 is 1.22 bits per heavy atom. The maximum atomic E-state index is 14.4. The minimum absolute atomic E-state index is 0.0293. The Morgan fingerprint density at radius 1 is 0.781 bits per heavy atom. The van der Waals surface area contributed by atoms with E-state index < -0.39 is 10.8 Å². The Morgan fingerprint density at radius 3 is 1.75 bits per heavy atom. The van der Waals surface area contributed by atoms with Crippen molar-refractivity contribution in [1.82, 2.24) is 9.71 Å². The van der Waals surface area contributed by atoms with Gasteiger partial charge in [0.15, 0.2) is 0 Å². The average Bonchev–Trinajstić information content (AvgIpc) is 3.57. The zero-order valence-corrected chi connectivity index (χ0v) is 18.9. The second kappa shape index (κ2) is 5.58. The van der Waals surface area contributed by atoms with Gasteiger partial charge >= 0.3 is 0 Å². The van der Waals surface area contributed by atoms with Crippen molar-refractivity contribution in [3.8, 4) is 0 Å². The molecule has 32 heavy (non-hydrogen) atoms. The second-order valence-electron chi connectivity index (χ2n) is 12.2. The standard InChI is InChI=1S/C23H28B2N2O5/c1-25(24)27-19(30)14-10-6-12(16(14)20(27)31)23(8-10)4-3-22(21(23)32)7-9-5-11(22)15-13(9)17(28)26(2)18(15)29/h9-16H,3-8,24H2,1-2H3/t9?,10-,11+,12?,13?,14-,15-,16?,22?,23-/m0/s1. The number of imide groups is 2. The third-order valence-electron chi connectivity index (χ3n) is 11.2. The first-order valence-electron chi connectivity index (χ1n) is 12.4. The van der Waals surface area contributed by atoms with Crippen LogP contribution in [0.25, 0.3) is 0 Å². The zero-order valence-electron chi connectivity index (χ0n) is 18.9. The first-order valence-corrected chi connectivity index (χ1v) is 12.4. The van der Waals surface area contributed by atoms with E-state index in [9.17, 15) is 24.0 Å². The molecule has 0 aromatic rings. The third kappa shape index (κ3) is 1.80. The van der Waals surface area contributed by atoms with Crippen molar-refractivity contribution < 1.29 is 24.0 Å². The topological polar surface area (TPSA) is 91.8 Å². The molecule has 2 aliphatic heterocycles. The highest BCUT2D eigenvalue weighted by molar-refractivity contribution is 7.03. The van der Waals surface area contributed by atoms with Crippen LogP contribution in [0, 0.1) is 58.2 Å². The molecule has 2 saturated heterocycles. The van der Waals surface area contributed by atoms with Crippen LogP contribution in [0.2, 0.25) is 6.82 Å². The predicted molar refractivity (Wildman–Crippen MR) is 115 cm³/mol. The van der Waals surface area contributed by atoms with Crippen LogP contribution in [0.1, 0.15) is 38.5 Å². The fraction of sp³-hybridized carbons (Fsp3) is 0.783. The number of ketones is 1. The lowest BCUT2D eigenvalue weighted by Crippen LogP contribution is -2.49. The SMILES string of the molecule is BB(C)N1C(=O)C2C3C[C@@H](C[C@@]34CCC3(CC5C[C@@H]3[C@@H]3C(=O)N(C)C(=O)C53)C4=O)[C@@H]2C1=O. The molecule has 0 aromatic heterocycles. The van der Waals surface area contributed by atoms with Crippen LogP contribution in [-0.2, 0) is 24.0 Å². The van der Waals surface area contributed by atoms with Gasteiger partial charge in [0.2, 0.25) is 30.4 Å². The molecule has 10 atom stereocenters. The highest BCUT2D eigenvalue weighted by atomic mass is 16.2. The van der Waals surface area contributed by atoms with Crippen LogP contribution >= 0.6 is 0 Å². The second-order valence-corrected chi connectivity index (χ2v) is 12.2. The van der Waals surface area contributed by atoms with Gasteiger partial charge in [-0.1, -0.05) is 6.82 Å². The fourth-order valence-electron chi connectivity index (χ4n) is 10.2. The van der Waals surface area contributed by atoms with Crippen molar-refractivity contribution in [2.45, 2.75) is 45.3 Å². The van der Waals surface area contributed by atoms with Gasteiger partial charge in [0.25, 0.3) is 0 Å². The van der Waals surface area contributed by atoms with Gasteiger partial charge in [-0.15, -0.1) is 0 Å². The molecular formula is C23H28B2N2O5. The minimum atomic E-state index is -0.508. The van der Waals surface area contributed by atoms with E-state index in [4.69, 9.17) is 0 Å². The summed E-state index contributed by atoms with van der Waals surface area (Å²) in [6, 6.07) is 0. The van der Waals surface area contributed by atoms with Crippen LogP contribution in [0.3, 0.4) is 0 Å². The summed E-state index contributed by atoms with van der Waals surface area (Å²) in [5.41, 5.74) is -1.01. The van der Waals surface area contributed by atoms with E-state index in [0.717, 1.165) is 38.5 Å². The molecule has 4 amide bonds. The molecule has 2 heterocycles. The molecular weight excluding hydrogens is 406 g/mol. The number of hydrogen-bond acceptors (Lipinski definition) is 5. The average molecular weight is 434 g/mol. The summed E-state index contributed by atoms with van der Waals surface area (Å²) in [4.78, 5) is 69.0. The van der Waals surface area contributed by atoms with Crippen molar-refractivity contribution in [2.75, 3.05) is 7.05 Å². The van der Waals surface area contributed by atoms with Gasteiger partial charge in [-0.05, 0) is 62.2 Å². The molecule has 7 aliphatic rings. The largest absolute Gasteiger partial charge is 0.337 e. The molecule has 9 heteroatoms. The summed E-state index contributed by atoms with van der Waals surface area (Å²) in [5, 5.41) is 0. The monoisotopic (exact) mass is 434 g/mol. The van der Waals surface area contributed by atoms with E-state index in [1.807, 2.05) is 14.6 Å². The fourth-order valence-corrected chi connectivity index (χ4v) is 10.2. The van der Waals surface area contributed by atoms with E-state index >= 15 is 0 Å². The predicted octanol–water partition coefficient (Wildman–Crippen LogP) is -0.0150. The van der Waals surface area contributed by atoms with Crippen LogP contribution in [-0.4, -0.2) is 60.6 Å². The number of likely N-dealkylation sites (tertiary alicyclic amines) is 1. The molecule has 5 unspecified atom stereocenters. The molecule has 7 fully saturated rings.